The zero-order valence-electron chi connectivity index (χ0n) is 12.6. The monoisotopic (exact) mass is 352 g/mol. The third-order valence-corrected chi connectivity index (χ3v) is 4.16. The number of benzene rings is 1. The van der Waals surface area contributed by atoms with Crippen molar-refractivity contribution in [1.82, 2.24) is 19.6 Å². The zero-order chi connectivity index (χ0) is 16.4. The van der Waals surface area contributed by atoms with Crippen molar-refractivity contribution in [2.24, 2.45) is 0 Å². The maximum absolute atomic E-state index is 13.1. The first-order valence-corrected chi connectivity index (χ1v) is 8.31. The van der Waals surface area contributed by atoms with Crippen LogP contribution in [-0.4, -0.2) is 31.9 Å². The number of aryl methyl sites for hydroxylation is 2. The van der Waals surface area contributed by atoms with Gasteiger partial charge in [0.15, 0.2) is 0 Å². The highest BCUT2D eigenvalue weighted by Gasteiger charge is 2.08. The summed E-state index contributed by atoms with van der Waals surface area (Å²) in [5, 5.41) is 5.10. The summed E-state index contributed by atoms with van der Waals surface area (Å²) in [5.74, 6) is 1.33. The molecule has 120 valence electrons. The van der Waals surface area contributed by atoms with Gasteiger partial charge in [-0.3, -0.25) is 0 Å². The summed E-state index contributed by atoms with van der Waals surface area (Å²) in [4.78, 5) is 8.73. The van der Waals surface area contributed by atoms with Crippen LogP contribution in [0.1, 0.15) is 11.4 Å². The molecule has 2 aromatic heterocycles. The molecule has 0 aliphatic rings. The number of thioether (sulfide) groups is 1. The van der Waals surface area contributed by atoms with E-state index in [1.165, 1.54) is 23.9 Å². The Labute approximate surface area is 141 Å². The lowest BCUT2D eigenvalue weighted by molar-refractivity contribution is 0.343. The molecule has 2 heterocycles. The Morgan fingerprint density at radius 2 is 2.09 bits per heavy atom. The number of nitrogens with zero attached hydrogens (tertiary/aromatic N) is 4. The summed E-state index contributed by atoms with van der Waals surface area (Å²) < 4.78 is 20.3. The van der Waals surface area contributed by atoms with Gasteiger partial charge in [0.25, 0.3) is 5.78 Å². The second-order valence-electron chi connectivity index (χ2n) is 4.92. The van der Waals surface area contributed by atoms with Crippen LogP contribution in [-0.2, 0) is 0 Å². The lowest BCUT2D eigenvalue weighted by Crippen LogP contribution is -2.00. The molecule has 0 radical (unpaired) electrons. The molecule has 0 atom stereocenters. The molecule has 0 bridgehead atoms. The van der Waals surface area contributed by atoms with Crippen molar-refractivity contribution in [3.05, 3.63) is 46.5 Å². The summed E-state index contributed by atoms with van der Waals surface area (Å²) in [7, 11) is 0. The molecule has 0 saturated carbocycles. The second kappa shape index (κ2) is 6.72. The summed E-state index contributed by atoms with van der Waals surface area (Å²) in [6.07, 6.45) is 0. The summed E-state index contributed by atoms with van der Waals surface area (Å²) in [6, 6.07) is 6.24. The number of halogens is 2. The molecule has 0 aliphatic carbocycles. The van der Waals surface area contributed by atoms with Crippen molar-refractivity contribution in [3.63, 3.8) is 0 Å². The van der Waals surface area contributed by atoms with E-state index in [4.69, 9.17) is 16.3 Å². The van der Waals surface area contributed by atoms with Crippen molar-refractivity contribution in [1.29, 1.82) is 0 Å². The molecule has 1 aromatic carbocycles. The third-order valence-electron chi connectivity index (χ3n) is 3.07. The largest absolute Gasteiger partial charge is 0.493 e. The predicted octanol–water partition coefficient (Wildman–Crippen LogP) is 3.70. The highest BCUT2D eigenvalue weighted by atomic mass is 35.5. The van der Waals surface area contributed by atoms with Crippen molar-refractivity contribution < 1.29 is 9.13 Å². The van der Waals surface area contributed by atoms with Gasteiger partial charge in [-0.25, -0.2) is 13.9 Å². The SMILES string of the molecule is Cc1cc(C)n2nc(SCCOc3ccc(F)c(Cl)c3)nc2n1. The second-order valence-corrected chi connectivity index (χ2v) is 6.39. The van der Waals surface area contributed by atoms with Crippen LogP contribution >= 0.6 is 23.4 Å². The minimum atomic E-state index is -0.458. The Kier molecular flexibility index (Phi) is 4.68. The van der Waals surface area contributed by atoms with Gasteiger partial charge in [0.05, 0.1) is 11.6 Å². The van der Waals surface area contributed by atoms with E-state index in [1.807, 2.05) is 19.9 Å². The van der Waals surface area contributed by atoms with Gasteiger partial charge in [0, 0.05) is 23.2 Å². The van der Waals surface area contributed by atoms with Crippen molar-refractivity contribution in [2.45, 2.75) is 19.0 Å². The van der Waals surface area contributed by atoms with E-state index in [9.17, 15) is 4.39 Å². The van der Waals surface area contributed by atoms with Gasteiger partial charge in [-0.15, -0.1) is 5.10 Å². The Hall–Kier alpha value is -1.86. The van der Waals surface area contributed by atoms with Crippen LogP contribution in [0.25, 0.3) is 5.78 Å². The van der Waals surface area contributed by atoms with Gasteiger partial charge in [-0.2, -0.15) is 4.98 Å². The van der Waals surface area contributed by atoms with Gasteiger partial charge in [0.2, 0.25) is 5.16 Å². The fourth-order valence-corrected chi connectivity index (χ4v) is 2.87. The third kappa shape index (κ3) is 3.73. The topological polar surface area (TPSA) is 52.3 Å². The minimum Gasteiger partial charge on any atom is -0.493 e. The van der Waals surface area contributed by atoms with Gasteiger partial charge >= 0.3 is 0 Å². The molecule has 0 spiro atoms. The molecule has 23 heavy (non-hydrogen) atoms. The van der Waals surface area contributed by atoms with E-state index in [0.29, 0.717) is 29.0 Å². The Bertz CT molecular complexity index is 855. The first kappa shape index (κ1) is 16.0. The smallest absolute Gasteiger partial charge is 0.253 e. The van der Waals surface area contributed by atoms with Crippen LogP contribution in [0, 0.1) is 19.7 Å². The predicted molar refractivity (Wildman–Crippen MR) is 87.9 cm³/mol. The fourth-order valence-electron chi connectivity index (χ4n) is 2.07. The number of fused-ring (bicyclic) bond motifs is 1. The lowest BCUT2D eigenvalue weighted by atomic mass is 10.3. The van der Waals surface area contributed by atoms with Crippen LogP contribution in [0.2, 0.25) is 5.02 Å². The number of ether oxygens (including phenoxy) is 1. The summed E-state index contributed by atoms with van der Waals surface area (Å²) >= 11 is 7.18. The molecule has 0 saturated heterocycles. The molecule has 8 heteroatoms. The first-order chi connectivity index (χ1) is 11.0. The number of hydrogen-bond acceptors (Lipinski definition) is 5. The highest BCUT2D eigenvalue weighted by molar-refractivity contribution is 7.99. The average molecular weight is 353 g/mol. The maximum atomic E-state index is 13.1. The van der Waals surface area contributed by atoms with E-state index in [1.54, 1.807) is 10.6 Å². The van der Waals surface area contributed by atoms with Crippen molar-refractivity contribution in [2.75, 3.05) is 12.4 Å². The lowest BCUT2D eigenvalue weighted by Gasteiger charge is -2.05. The van der Waals surface area contributed by atoms with Crippen molar-refractivity contribution in [3.8, 4) is 5.75 Å². The fraction of sp³-hybridized carbons (Fsp3) is 0.267. The standard InChI is InChI=1S/C15H14ClFN4OS/c1-9-7-10(2)21-14(18-9)19-15(20-21)23-6-5-22-11-3-4-13(17)12(16)8-11/h3-4,7-8H,5-6H2,1-2H3. The van der Waals surface area contributed by atoms with Crippen LogP contribution in [0.5, 0.6) is 5.75 Å². The number of hydrogen-bond donors (Lipinski definition) is 0. The first-order valence-electron chi connectivity index (χ1n) is 6.94. The van der Waals surface area contributed by atoms with E-state index in [0.717, 1.165) is 11.4 Å². The van der Waals surface area contributed by atoms with Crippen LogP contribution in [0.4, 0.5) is 4.39 Å². The maximum Gasteiger partial charge on any atom is 0.253 e. The van der Waals surface area contributed by atoms with E-state index < -0.39 is 5.82 Å². The van der Waals surface area contributed by atoms with Crippen LogP contribution < -0.4 is 4.74 Å². The average Bonchev–Trinajstić information content (AvgIpc) is 2.90. The zero-order valence-corrected chi connectivity index (χ0v) is 14.2. The van der Waals surface area contributed by atoms with E-state index in [2.05, 4.69) is 15.1 Å². The molecular formula is C15H14ClFN4OS. The Morgan fingerprint density at radius 3 is 2.87 bits per heavy atom. The highest BCUT2D eigenvalue weighted by Crippen LogP contribution is 2.22. The minimum absolute atomic E-state index is 0.0501. The quantitative estimate of drug-likeness (QED) is 0.517. The number of rotatable bonds is 5. The van der Waals surface area contributed by atoms with Crippen LogP contribution in [0.15, 0.2) is 29.4 Å². The number of aromatic nitrogens is 4. The van der Waals surface area contributed by atoms with Crippen molar-refractivity contribution >= 4 is 29.1 Å². The molecule has 0 N–H and O–H groups in total. The molecular weight excluding hydrogens is 339 g/mol. The molecule has 5 nitrogen and oxygen atoms in total. The molecule has 0 amide bonds. The molecule has 0 aliphatic heterocycles. The molecule has 0 fully saturated rings. The van der Waals surface area contributed by atoms with Crippen LogP contribution in [0.3, 0.4) is 0 Å². The molecule has 3 rings (SSSR count). The van der Waals surface area contributed by atoms with Gasteiger partial charge in [-0.05, 0) is 32.0 Å². The summed E-state index contributed by atoms with van der Waals surface area (Å²) in [6.45, 7) is 4.33. The Morgan fingerprint density at radius 1 is 1.26 bits per heavy atom. The molecule has 0 unspecified atom stereocenters. The van der Waals surface area contributed by atoms with Gasteiger partial charge < -0.3 is 4.74 Å². The summed E-state index contributed by atoms with van der Waals surface area (Å²) in [5.41, 5.74) is 1.90. The Balaban J connectivity index is 1.58. The van der Waals surface area contributed by atoms with E-state index >= 15 is 0 Å². The van der Waals surface area contributed by atoms with Gasteiger partial charge in [0.1, 0.15) is 11.6 Å². The van der Waals surface area contributed by atoms with Gasteiger partial charge in [-0.1, -0.05) is 23.4 Å². The normalized spacial score (nSPS) is 11.1. The molecule has 3 aromatic rings. The van der Waals surface area contributed by atoms with E-state index in [-0.39, 0.29) is 5.02 Å².